The maximum Gasteiger partial charge on any atom is 0.246 e. The third-order valence-corrected chi connectivity index (χ3v) is 8.08. The molecule has 1 fully saturated rings. The molecule has 2 N–H and O–H groups in total. The highest BCUT2D eigenvalue weighted by molar-refractivity contribution is 5.94. The van der Waals surface area contributed by atoms with Gasteiger partial charge in [0.2, 0.25) is 17.7 Å². The number of nitrogens with zero attached hydrogens (tertiary/aromatic N) is 2. The fraction of sp³-hybridized carbons (Fsp3) is 0.516. The molecule has 210 valence electrons. The first kappa shape index (κ1) is 28.6. The van der Waals surface area contributed by atoms with E-state index in [1.54, 1.807) is 16.8 Å². The molecular weight excluding hydrogens is 492 g/mol. The highest BCUT2D eigenvalue weighted by atomic mass is 16.5. The van der Waals surface area contributed by atoms with Crippen molar-refractivity contribution in [1.82, 2.24) is 20.4 Å². The molecule has 8 nitrogen and oxygen atoms in total. The number of rotatable bonds is 4. The molecule has 3 amide bonds. The summed E-state index contributed by atoms with van der Waals surface area (Å²) in [5.41, 5.74) is 2.08. The van der Waals surface area contributed by atoms with Crippen LogP contribution in [0.3, 0.4) is 0 Å². The van der Waals surface area contributed by atoms with Crippen molar-refractivity contribution < 1.29 is 19.1 Å². The first-order valence-electron chi connectivity index (χ1n) is 14.2. The summed E-state index contributed by atoms with van der Waals surface area (Å²) in [7, 11) is 1.71. The van der Waals surface area contributed by atoms with Gasteiger partial charge in [0.15, 0.2) is 0 Å². The third-order valence-electron chi connectivity index (χ3n) is 8.08. The van der Waals surface area contributed by atoms with Crippen molar-refractivity contribution in [3.8, 4) is 5.75 Å². The topological polar surface area (TPSA) is 91.0 Å². The minimum Gasteiger partial charge on any atom is -0.492 e. The summed E-state index contributed by atoms with van der Waals surface area (Å²) >= 11 is 0. The maximum absolute atomic E-state index is 13.7. The number of likely N-dealkylation sites (N-methyl/N-ethyl adjacent to an activating group) is 1. The van der Waals surface area contributed by atoms with Gasteiger partial charge in [-0.3, -0.25) is 14.4 Å². The van der Waals surface area contributed by atoms with Gasteiger partial charge in [0, 0.05) is 33.1 Å². The van der Waals surface area contributed by atoms with Gasteiger partial charge in [0.05, 0.1) is 6.04 Å². The molecule has 2 aliphatic rings. The van der Waals surface area contributed by atoms with E-state index in [9.17, 15) is 14.4 Å². The summed E-state index contributed by atoms with van der Waals surface area (Å²) < 4.78 is 6.09. The lowest BCUT2D eigenvalue weighted by atomic mass is 9.97. The first-order chi connectivity index (χ1) is 18.9. The number of ether oxygens (including phenoxy) is 1. The second kappa shape index (κ2) is 13.6. The van der Waals surface area contributed by atoms with Gasteiger partial charge in [-0.1, -0.05) is 68.8 Å². The lowest BCUT2D eigenvalue weighted by Crippen LogP contribution is -2.55. The van der Waals surface area contributed by atoms with Gasteiger partial charge >= 0.3 is 0 Å². The predicted molar refractivity (Wildman–Crippen MR) is 151 cm³/mol. The lowest BCUT2D eigenvalue weighted by molar-refractivity contribution is -0.145. The highest BCUT2D eigenvalue weighted by Crippen LogP contribution is 2.24. The van der Waals surface area contributed by atoms with E-state index in [1.165, 1.54) is 0 Å². The van der Waals surface area contributed by atoms with E-state index >= 15 is 0 Å². The summed E-state index contributed by atoms with van der Waals surface area (Å²) in [6.45, 7) is 5.99. The summed E-state index contributed by atoms with van der Waals surface area (Å²) in [5.74, 6) is 0.485. The van der Waals surface area contributed by atoms with Crippen LogP contribution in [0.2, 0.25) is 0 Å². The van der Waals surface area contributed by atoms with E-state index in [0.717, 1.165) is 36.1 Å². The summed E-state index contributed by atoms with van der Waals surface area (Å²) in [5, 5.41) is 6.48. The van der Waals surface area contributed by atoms with Crippen LogP contribution in [0, 0.1) is 5.92 Å². The Bertz CT molecular complexity index is 1120. The molecule has 8 heteroatoms. The Hall–Kier alpha value is -3.39. The zero-order valence-electron chi connectivity index (χ0n) is 23.4. The van der Waals surface area contributed by atoms with E-state index in [-0.39, 0.29) is 23.6 Å². The molecule has 0 aromatic heterocycles. The molecule has 39 heavy (non-hydrogen) atoms. The number of hydrogen-bond donors (Lipinski definition) is 2. The number of benzene rings is 2. The molecule has 0 saturated carbocycles. The van der Waals surface area contributed by atoms with Crippen molar-refractivity contribution in [2.24, 2.45) is 5.92 Å². The van der Waals surface area contributed by atoms with Crippen molar-refractivity contribution in [1.29, 1.82) is 0 Å². The molecule has 0 aliphatic carbocycles. The van der Waals surface area contributed by atoms with Crippen LogP contribution in [-0.2, 0) is 27.2 Å². The smallest absolute Gasteiger partial charge is 0.246 e. The number of nitrogens with one attached hydrogen (secondary N) is 2. The Balaban J connectivity index is 1.61. The zero-order chi connectivity index (χ0) is 27.8. The van der Waals surface area contributed by atoms with Crippen molar-refractivity contribution >= 4 is 17.7 Å². The van der Waals surface area contributed by atoms with Crippen LogP contribution in [0.1, 0.15) is 44.2 Å². The van der Waals surface area contributed by atoms with Crippen molar-refractivity contribution in [3.63, 3.8) is 0 Å². The summed E-state index contributed by atoms with van der Waals surface area (Å²) in [4.78, 5) is 44.1. The molecule has 2 heterocycles. The Morgan fingerprint density at radius 2 is 1.74 bits per heavy atom. The molecular formula is C31H42N4O4. The van der Waals surface area contributed by atoms with Crippen LogP contribution in [0.15, 0.2) is 54.6 Å². The van der Waals surface area contributed by atoms with Crippen molar-refractivity contribution in [2.45, 2.75) is 64.1 Å². The standard InChI is InChI=1S/C31H42N4O4/c1-4-22(2)28-31(38)34(3)25-16-19-35(30(25)37)26(21-23-11-6-5-7-12-23)29(36)33-17-10-14-24-13-8-9-15-27(24)39-20-18-32-28/h5-9,11-13,15,22,25-26,28,32H,4,10,14,16-21H2,1-3H3,(H,33,36)/t22?,25-,26-,28+/m1/s1. The van der Waals surface area contributed by atoms with Crippen molar-refractivity contribution in [3.05, 3.63) is 65.7 Å². The van der Waals surface area contributed by atoms with Gasteiger partial charge in [-0.15, -0.1) is 0 Å². The number of para-hydroxylation sites is 1. The Morgan fingerprint density at radius 3 is 2.51 bits per heavy atom. The van der Waals surface area contributed by atoms with Gasteiger partial charge in [0.25, 0.3) is 0 Å². The van der Waals surface area contributed by atoms with Gasteiger partial charge in [-0.25, -0.2) is 0 Å². The minimum atomic E-state index is -0.633. The van der Waals surface area contributed by atoms with Crippen LogP contribution in [-0.4, -0.2) is 78.9 Å². The van der Waals surface area contributed by atoms with E-state index in [4.69, 9.17) is 4.74 Å². The molecule has 2 aliphatic heterocycles. The largest absolute Gasteiger partial charge is 0.492 e. The molecule has 1 unspecified atom stereocenters. The lowest BCUT2D eigenvalue weighted by Gasteiger charge is -2.32. The van der Waals surface area contributed by atoms with Crippen LogP contribution < -0.4 is 15.4 Å². The van der Waals surface area contributed by atoms with Crippen molar-refractivity contribution in [2.75, 3.05) is 33.3 Å². The molecule has 4 rings (SSSR count). The zero-order valence-corrected chi connectivity index (χ0v) is 23.4. The molecule has 2 bridgehead atoms. The van der Waals surface area contributed by atoms with E-state index < -0.39 is 18.1 Å². The summed E-state index contributed by atoms with van der Waals surface area (Å²) in [6, 6.07) is 16.1. The minimum absolute atomic E-state index is 0.0852. The van der Waals surface area contributed by atoms with Crippen LogP contribution >= 0.6 is 0 Å². The van der Waals surface area contributed by atoms with E-state index in [0.29, 0.717) is 39.1 Å². The molecule has 2 aromatic carbocycles. The Kier molecular flexibility index (Phi) is 9.98. The quantitative estimate of drug-likeness (QED) is 0.630. The SMILES string of the molecule is CCC(C)[C@@H]1NCCOc2ccccc2CCCNC(=O)[C@@H](Cc2ccccc2)N2CC[C@H](C2=O)N(C)C1=O. The average Bonchev–Trinajstić information content (AvgIpc) is 3.34. The Labute approximate surface area is 232 Å². The monoisotopic (exact) mass is 534 g/mol. The number of fused-ring (bicyclic) bond motifs is 3. The molecule has 1 saturated heterocycles. The fourth-order valence-corrected chi connectivity index (χ4v) is 5.51. The van der Waals surface area contributed by atoms with Gasteiger partial charge < -0.3 is 25.2 Å². The van der Waals surface area contributed by atoms with E-state index in [2.05, 4.69) is 24.5 Å². The number of hydrogen-bond acceptors (Lipinski definition) is 5. The fourth-order valence-electron chi connectivity index (χ4n) is 5.51. The maximum atomic E-state index is 13.7. The number of aryl methyl sites for hydroxylation is 1. The number of carbonyl (C=O) groups is 3. The Morgan fingerprint density at radius 1 is 1.00 bits per heavy atom. The average molecular weight is 535 g/mol. The number of carbonyl (C=O) groups excluding carboxylic acids is 3. The first-order valence-corrected chi connectivity index (χ1v) is 14.2. The molecule has 0 radical (unpaired) electrons. The highest BCUT2D eigenvalue weighted by Gasteiger charge is 2.43. The van der Waals surface area contributed by atoms with Gasteiger partial charge in [-0.05, 0) is 42.4 Å². The molecule has 4 atom stereocenters. The van der Waals surface area contributed by atoms with Crippen LogP contribution in [0.25, 0.3) is 0 Å². The summed E-state index contributed by atoms with van der Waals surface area (Å²) in [6.07, 6.45) is 3.27. The van der Waals surface area contributed by atoms with Crippen LogP contribution in [0.4, 0.5) is 0 Å². The molecule has 2 aromatic rings. The van der Waals surface area contributed by atoms with E-state index in [1.807, 2.05) is 54.6 Å². The normalized spacial score (nSPS) is 24.3. The third kappa shape index (κ3) is 6.98. The van der Waals surface area contributed by atoms with Gasteiger partial charge in [-0.2, -0.15) is 0 Å². The number of amides is 3. The molecule has 0 spiro atoms. The second-order valence-electron chi connectivity index (χ2n) is 10.7. The predicted octanol–water partition coefficient (Wildman–Crippen LogP) is 2.80. The van der Waals surface area contributed by atoms with Crippen LogP contribution in [0.5, 0.6) is 5.75 Å². The van der Waals surface area contributed by atoms with Gasteiger partial charge in [0.1, 0.15) is 24.4 Å². The second-order valence-corrected chi connectivity index (χ2v) is 10.7.